The summed E-state index contributed by atoms with van der Waals surface area (Å²) in [7, 11) is 1.94. The molecule has 0 spiro atoms. The molecule has 1 saturated heterocycles. The summed E-state index contributed by atoms with van der Waals surface area (Å²) in [6, 6.07) is 3.36. The third kappa shape index (κ3) is 2.50. The molecule has 17 heavy (non-hydrogen) atoms. The van der Waals surface area contributed by atoms with Crippen molar-refractivity contribution in [1.29, 1.82) is 0 Å². The number of nitrogens with one attached hydrogen (secondary N) is 1. The molecular weight excluding hydrogens is 217 g/mol. The molecule has 1 aromatic rings. The zero-order valence-corrected chi connectivity index (χ0v) is 10.7. The Hall–Kier alpha value is -0.930. The summed E-state index contributed by atoms with van der Waals surface area (Å²) in [5.74, 6) is -0.161. The largest absolute Gasteiger partial charge is 0.376 e. The predicted octanol–water partition coefficient (Wildman–Crippen LogP) is 2.88. The molecule has 1 aliphatic heterocycles. The van der Waals surface area contributed by atoms with Crippen LogP contribution in [-0.2, 0) is 4.74 Å². The van der Waals surface area contributed by atoms with Crippen molar-refractivity contribution in [2.45, 2.75) is 38.8 Å². The highest BCUT2D eigenvalue weighted by atomic mass is 19.1. The first kappa shape index (κ1) is 12.5. The summed E-state index contributed by atoms with van der Waals surface area (Å²) in [5, 5.41) is 3.31. The number of aryl methyl sites for hydroxylation is 2. The van der Waals surface area contributed by atoms with Crippen LogP contribution in [-0.4, -0.2) is 19.8 Å². The second-order valence-electron chi connectivity index (χ2n) is 4.77. The van der Waals surface area contributed by atoms with E-state index in [-0.39, 0.29) is 18.0 Å². The standard InChI is InChI=1S/C14H20FNO/c1-9-7-11(15)8-10(2)13(9)14(16-3)12-5-4-6-17-12/h7-8,12,14,16H,4-6H2,1-3H3. The predicted molar refractivity (Wildman–Crippen MR) is 66.6 cm³/mol. The van der Waals surface area contributed by atoms with Crippen molar-refractivity contribution in [2.24, 2.45) is 0 Å². The van der Waals surface area contributed by atoms with E-state index in [4.69, 9.17) is 4.74 Å². The lowest BCUT2D eigenvalue weighted by atomic mass is 9.91. The van der Waals surface area contributed by atoms with Crippen molar-refractivity contribution < 1.29 is 9.13 Å². The molecule has 1 aliphatic rings. The maximum absolute atomic E-state index is 13.3. The number of ether oxygens (including phenoxy) is 1. The highest BCUT2D eigenvalue weighted by molar-refractivity contribution is 5.37. The van der Waals surface area contributed by atoms with Gasteiger partial charge in [-0.3, -0.25) is 0 Å². The van der Waals surface area contributed by atoms with Crippen LogP contribution in [0.5, 0.6) is 0 Å². The van der Waals surface area contributed by atoms with E-state index >= 15 is 0 Å². The van der Waals surface area contributed by atoms with Crippen LogP contribution in [0.15, 0.2) is 12.1 Å². The normalized spacial score (nSPS) is 21.8. The molecule has 3 heteroatoms. The molecule has 0 aliphatic carbocycles. The highest BCUT2D eigenvalue weighted by Gasteiger charge is 2.28. The van der Waals surface area contributed by atoms with Gasteiger partial charge in [0.25, 0.3) is 0 Å². The van der Waals surface area contributed by atoms with E-state index in [1.807, 2.05) is 20.9 Å². The van der Waals surface area contributed by atoms with Gasteiger partial charge in [0.05, 0.1) is 12.1 Å². The Labute approximate surface area is 102 Å². The van der Waals surface area contributed by atoms with E-state index in [9.17, 15) is 4.39 Å². The Morgan fingerprint density at radius 3 is 2.47 bits per heavy atom. The molecule has 2 unspecified atom stereocenters. The van der Waals surface area contributed by atoms with Gasteiger partial charge in [0, 0.05) is 6.61 Å². The van der Waals surface area contributed by atoms with Crippen LogP contribution in [0.3, 0.4) is 0 Å². The minimum Gasteiger partial charge on any atom is -0.376 e. The summed E-state index contributed by atoms with van der Waals surface area (Å²) in [5.41, 5.74) is 3.18. The molecular formula is C14H20FNO. The Balaban J connectivity index is 2.36. The fourth-order valence-electron chi connectivity index (χ4n) is 2.79. The zero-order chi connectivity index (χ0) is 12.4. The van der Waals surface area contributed by atoms with E-state index in [1.54, 1.807) is 12.1 Å². The monoisotopic (exact) mass is 237 g/mol. The Morgan fingerprint density at radius 2 is 2.00 bits per heavy atom. The minimum absolute atomic E-state index is 0.161. The molecule has 0 amide bonds. The second kappa shape index (κ2) is 5.15. The van der Waals surface area contributed by atoms with Crippen molar-refractivity contribution in [1.82, 2.24) is 5.32 Å². The first-order valence-electron chi connectivity index (χ1n) is 6.19. The third-order valence-corrected chi connectivity index (χ3v) is 3.52. The van der Waals surface area contributed by atoms with Crippen LogP contribution in [0.25, 0.3) is 0 Å². The van der Waals surface area contributed by atoms with Gasteiger partial charge >= 0.3 is 0 Å². The smallest absolute Gasteiger partial charge is 0.123 e. The van der Waals surface area contributed by atoms with Gasteiger partial charge in [-0.1, -0.05) is 0 Å². The lowest BCUT2D eigenvalue weighted by Crippen LogP contribution is -2.30. The second-order valence-corrected chi connectivity index (χ2v) is 4.77. The molecule has 0 radical (unpaired) electrons. The lowest BCUT2D eigenvalue weighted by molar-refractivity contribution is 0.0803. The van der Waals surface area contributed by atoms with E-state index < -0.39 is 0 Å². The number of halogens is 1. The van der Waals surface area contributed by atoms with Gasteiger partial charge in [0.1, 0.15) is 5.82 Å². The maximum Gasteiger partial charge on any atom is 0.123 e. The number of benzene rings is 1. The minimum atomic E-state index is -0.161. The van der Waals surface area contributed by atoms with Crippen molar-refractivity contribution in [3.63, 3.8) is 0 Å². The van der Waals surface area contributed by atoms with Crippen molar-refractivity contribution >= 4 is 0 Å². The number of hydrogen-bond donors (Lipinski definition) is 1. The molecule has 0 bridgehead atoms. The SMILES string of the molecule is CNC(c1c(C)cc(F)cc1C)C1CCCO1. The topological polar surface area (TPSA) is 21.3 Å². The average molecular weight is 237 g/mol. The highest BCUT2D eigenvalue weighted by Crippen LogP contribution is 2.31. The van der Waals surface area contributed by atoms with E-state index in [0.717, 1.165) is 30.6 Å². The molecule has 2 rings (SSSR count). The summed E-state index contributed by atoms with van der Waals surface area (Å²) < 4.78 is 19.0. The van der Waals surface area contributed by atoms with Crippen LogP contribution in [0.1, 0.15) is 35.6 Å². The molecule has 94 valence electrons. The molecule has 1 fully saturated rings. The fourth-order valence-corrected chi connectivity index (χ4v) is 2.79. The summed E-state index contributed by atoms with van der Waals surface area (Å²) in [6.07, 6.45) is 2.40. The summed E-state index contributed by atoms with van der Waals surface area (Å²) in [6.45, 7) is 4.76. The third-order valence-electron chi connectivity index (χ3n) is 3.52. The molecule has 2 nitrogen and oxygen atoms in total. The van der Waals surface area contributed by atoms with E-state index in [2.05, 4.69) is 5.32 Å². The number of rotatable bonds is 3. The average Bonchev–Trinajstić information content (AvgIpc) is 2.76. The van der Waals surface area contributed by atoms with Gasteiger partial charge in [-0.05, 0) is 62.6 Å². The molecule has 1 heterocycles. The number of likely N-dealkylation sites (N-methyl/N-ethyl adjacent to an activating group) is 1. The Kier molecular flexibility index (Phi) is 3.79. The van der Waals surface area contributed by atoms with Crippen LogP contribution in [0.2, 0.25) is 0 Å². The van der Waals surface area contributed by atoms with Crippen LogP contribution in [0.4, 0.5) is 4.39 Å². The zero-order valence-electron chi connectivity index (χ0n) is 10.7. The Bertz CT molecular complexity index is 376. The van der Waals surface area contributed by atoms with Crippen LogP contribution in [0, 0.1) is 19.7 Å². The molecule has 0 saturated carbocycles. The molecule has 0 aromatic heterocycles. The van der Waals surface area contributed by atoms with Crippen LogP contribution < -0.4 is 5.32 Å². The maximum atomic E-state index is 13.3. The van der Waals surface area contributed by atoms with Gasteiger partial charge in [0.2, 0.25) is 0 Å². The van der Waals surface area contributed by atoms with Crippen molar-refractivity contribution in [3.8, 4) is 0 Å². The summed E-state index contributed by atoms with van der Waals surface area (Å²) >= 11 is 0. The van der Waals surface area contributed by atoms with E-state index in [1.165, 1.54) is 5.56 Å². The first-order chi connectivity index (χ1) is 8.13. The van der Waals surface area contributed by atoms with E-state index in [0.29, 0.717) is 0 Å². The van der Waals surface area contributed by atoms with Crippen molar-refractivity contribution in [3.05, 3.63) is 34.6 Å². The molecule has 1 aromatic carbocycles. The van der Waals surface area contributed by atoms with Gasteiger partial charge in [0.15, 0.2) is 0 Å². The number of hydrogen-bond acceptors (Lipinski definition) is 2. The quantitative estimate of drug-likeness (QED) is 0.872. The summed E-state index contributed by atoms with van der Waals surface area (Å²) in [4.78, 5) is 0. The van der Waals surface area contributed by atoms with Crippen molar-refractivity contribution in [2.75, 3.05) is 13.7 Å². The van der Waals surface area contributed by atoms with Gasteiger partial charge in [-0.25, -0.2) is 4.39 Å². The van der Waals surface area contributed by atoms with Gasteiger partial charge in [-0.15, -0.1) is 0 Å². The van der Waals surface area contributed by atoms with Crippen LogP contribution >= 0.6 is 0 Å². The fraction of sp³-hybridized carbons (Fsp3) is 0.571. The molecule has 2 atom stereocenters. The van der Waals surface area contributed by atoms with Gasteiger partial charge < -0.3 is 10.1 Å². The van der Waals surface area contributed by atoms with Gasteiger partial charge in [-0.2, -0.15) is 0 Å². The lowest BCUT2D eigenvalue weighted by Gasteiger charge is -2.26. The Morgan fingerprint density at radius 1 is 1.35 bits per heavy atom. The molecule has 1 N–H and O–H groups in total. The first-order valence-corrected chi connectivity index (χ1v) is 6.19.